The Bertz CT molecular complexity index is 1060. The second kappa shape index (κ2) is 9.05. The van der Waals surface area contributed by atoms with Gasteiger partial charge in [-0.15, -0.1) is 0 Å². The number of sulfone groups is 1. The van der Waals surface area contributed by atoms with Gasteiger partial charge in [0.25, 0.3) is 0 Å². The number of aromatic nitrogens is 1. The molecule has 2 fully saturated rings. The van der Waals surface area contributed by atoms with Crippen LogP contribution in [-0.2, 0) is 32.6 Å². The Balaban J connectivity index is 1.28. The Hall–Kier alpha value is -2.94. The molecule has 1 aromatic heterocycles. The van der Waals surface area contributed by atoms with E-state index in [0.29, 0.717) is 25.5 Å². The predicted molar refractivity (Wildman–Crippen MR) is 114 cm³/mol. The lowest BCUT2D eigenvalue weighted by Gasteiger charge is -2.22. The summed E-state index contributed by atoms with van der Waals surface area (Å²) in [6.45, 7) is 0.971. The molecule has 2 aliphatic rings. The molecule has 0 spiro atoms. The van der Waals surface area contributed by atoms with Crippen LogP contribution >= 0.6 is 0 Å². The smallest absolute Gasteiger partial charge is 0.225 e. The molecule has 2 atom stereocenters. The molecule has 9 heteroatoms. The van der Waals surface area contributed by atoms with E-state index in [4.69, 9.17) is 4.74 Å². The fraction of sp³-hybridized carbons (Fsp3) is 0.409. The zero-order valence-corrected chi connectivity index (χ0v) is 17.9. The van der Waals surface area contributed by atoms with Crippen molar-refractivity contribution >= 4 is 21.7 Å². The van der Waals surface area contributed by atoms with Gasteiger partial charge in [-0.05, 0) is 23.6 Å². The summed E-state index contributed by atoms with van der Waals surface area (Å²) in [6.07, 6.45) is 2.19. The van der Waals surface area contributed by atoms with Crippen LogP contribution in [0, 0.1) is 5.92 Å². The summed E-state index contributed by atoms with van der Waals surface area (Å²) < 4.78 is 29.1. The molecule has 31 heavy (non-hydrogen) atoms. The van der Waals surface area contributed by atoms with Crippen LogP contribution in [0.25, 0.3) is 0 Å². The second-order valence-electron chi connectivity index (χ2n) is 8.00. The van der Waals surface area contributed by atoms with Crippen molar-refractivity contribution in [1.82, 2.24) is 15.2 Å². The van der Waals surface area contributed by atoms with Crippen molar-refractivity contribution in [3.8, 4) is 5.88 Å². The Morgan fingerprint density at radius 2 is 2.00 bits per heavy atom. The van der Waals surface area contributed by atoms with E-state index >= 15 is 0 Å². The molecule has 2 aliphatic heterocycles. The van der Waals surface area contributed by atoms with Crippen LogP contribution < -0.4 is 10.1 Å². The van der Waals surface area contributed by atoms with Crippen molar-refractivity contribution in [2.24, 2.45) is 5.92 Å². The Kier molecular flexibility index (Phi) is 6.22. The van der Waals surface area contributed by atoms with E-state index in [1.54, 1.807) is 23.2 Å². The summed E-state index contributed by atoms with van der Waals surface area (Å²) in [4.78, 5) is 30.7. The molecule has 2 saturated heterocycles. The van der Waals surface area contributed by atoms with E-state index in [1.165, 1.54) is 0 Å². The summed E-state index contributed by atoms with van der Waals surface area (Å²) in [6, 6.07) is 13.0. The fourth-order valence-electron chi connectivity index (χ4n) is 3.99. The number of carbonyl (C=O) groups excluding carboxylic acids is 2. The Labute approximate surface area is 181 Å². The largest absolute Gasteiger partial charge is 0.473 e. The molecule has 0 aliphatic carbocycles. The van der Waals surface area contributed by atoms with Crippen LogP contribution in [0.2, 0.25) is 0 Å². The third kappa shape index (κ3) is 5.41. The molecule has 4 rings (SSSR count). The fourth-order valence-corrected chi connectivity index (χ4v) is 5.72. The van der Waals surface area contributed by atoms with Gasteiger partial charge in [0, 0.05) is 37.8 Å². The van der Waals surface area contributed by atoms with Crippen LogP contribution in [0.5, 0.6) is 5.88 Å². The number of amides is 2. The molecule has 0 bridgehead atoms. The second-order valence-corrected chi connectivity index (χ2v) is 10.2. The van der Waals surface area contributed by atoms with E-state index in [9.17, 15) is 18.0 Å². The number of nitrogens with zero attached hydrogens (tertiary/aromatic N) is 2. The highest BCUT2D eigenvalue weighted by Crippen LogP contribution is 2.26. The van der Waals surface area contributed by atoms with Crippen molar-refractivity contribution < 1.29 is 22.7 Å². The third-order valence-electron chi connectivity index (χ3n) is 5.67. The van der Waals surface area contributed by atoms with Crippen molar-refractivity contribution in [1.29, 1.82) is 0 Å². The summed E-state index contributed by atoms with van der Waals surface area (Å²) in [5, 5.41) is 2.87. The zero-order valence-electron chi connectivity index (χ0n) is 17.1. The minimum atomic E-state index is -3.08. The van der Waals surface area contributed by atoms with Crippen LogP contribution in [0.1, 0.15) is 24.0 Å². The van der Waals surface area contributed by atoms with Gasteiger partial charge in [0.05, 0.1) is 17.4 Å². The highest BCUT2D eigenvalue weighted by Gasteiger charge is 2.41. The van der Waals surface area contributed by atoms with Crippen LogP contribution in [-0.4, -0.2) is 54.2 Å². The number of hydrogen-bond acceptors (Lipinski definition) is 6. The quantitative estimate of drug-likeness (QED) is 0.692. The molecule has 0 unspecified atom stereocenters. The van der Waals surface area contributed by atoms with Gasteiger partial charge in [-0.3, -0.25) is 9.59 Å². The number of nitrogens with one attached hydrogen (secondary N) is 1. The number of carbonyl (C=O) groups is 2. The number of pyridine rings is 1. The summed E-state index contributed by atoms with van der Waals surface area (Å²) in [5.74, 6) is -0.250. The topological polar surface area (TPSA) is 106 Å². The minimum absolute atomic E-state index is 0.00411. The van der Waals surface area contributed by atoms with Gasteiger partial charge >= 0.3 is 0 Å². The summed E-state index contributed by atoms with van der Waals surface area (Å²) in [7, 11) is -3.08. The van der Waals surface area contributed by atoms with Crippen molar-refractivity contribution in [3.63, 3.8) is 0 Å². The zero-order chi connectivity index (χ0) is 21.8. The Morgan fingerprint density at radius 3 is 2.74 bits per heavy atom. The lowest BCUT2D eigenvalue weighted by molar-refractivity contribution is -0.130. The third-order valence-corrected chi connectivity index (χ3v) is 7.42. The number of likely N-dealkylation sites (tertiary alicyclic amines) is 1. The van der Waals surface area contributed by atoms with E-state index in [0.717, 1.165) is 11.1 Å². The first-order valence-electron chi connectivity index (χ1n) is 10.3. The molecule has 3 heterocycles. The summed E-state index contributed by atoms with van der Waals surface area (Å²) >= 11 is 0. The average molecular weight is 444 g/mol. The molecule has 2 amide bonds. The van der Waals surface area contributed by atoms with Gasteiger partial charge in [-0.25, -0.2) is 13.4 Å². The monoisotopic (exact) mass is 443 g/mol. The number of rotatable bonds is 7. The molecule has 164 valence electrons. The van der Waals surface area contributed by atoms with E-state index < -0.39 is 15.8 Å². The van der Waals surface area contributed by atoms with Crippen molar-refractivity contribution in [3.05, 3.63) is 59.8 Å². The molecular formula is C22H25N3O5S. The molecule has 8 nitrogen and oxygen atoms in total. The van der Waals surface area contributed by atoms with Gasteiger partial charge in [0.15, 0.2) is 9.84 Å². The standard InChI is InChI=1S/C22H25N3O5S/c26-21-11-18(13-25(21)19-7-9-31(28,29)15-19)22(27)24-12-17-6-8-23-20(10-17)30-14-16-4-2-1-3-5-16/h1-6,8,10,18-19H,7,9,11-15H2,(H,24,27)/t18-,19-/m1/s1. The van der Waals surface area contributed by atoms with Gasteiger partial charge in [0.1, 0.15) is 6.61 Å². The van der Waals surface area contributed by atoms with Crippen LogP contribution in [0.15, 0.2) is 48.7 Å². The Morgan fingerprint density at radius 1 is 1.19 bits per heavy atom. The molecule has 0 saturated carbocycles. The number of ether oxygens (including phenoxy) is 1. The first kappa shape index (κ1) is 21.3. The molecule has 2 aromatic rings. The number of hydrogen-bond donors (Lipinski definition) is 1. The van der Waals surface area contributed by atoms with Gasteiger partial charge in [0.2, 0.25) is 17.7 Å². The minimum Gasteiger partial charge on any atom is -0.473 e. The number of benzene rings is 1. The van der Waals surface area contributed by atoms with E-state index in [1.807, 2.05) is 30.3 Å². The highest BCUT2D eigenvalue weighted by atomic mass is 32.2. The predicted octanol–water partition coefficient (Wildman–Crippen LogP) is 1.31. The maximum atomic E-state index is 12.6. The summed E-state index contributed by atoms with van der Waals surface area (Å²) in [5.41, 5.74) is 1.88. The lowest BCUT2D eigenvalue weighted by atomic mass is 10.1. The maximum Gasteiger partial charge on any atom is 0.225 e. The molecule has 1 aromatic carbocycles. The average Bonchev–Trinajstić information content (AvgIpc) is 3.33. The SMILES string of the molecule is O=C(NCc1ccnc(OCc2ccccc2)c1)[C@@H]1CC(=O)N([C@@H]2CCS(=O)(=O)C2)C1. The maximum absolute atomic E-state index is 12.6. The van der Waals surface area contributed by atoms with E-state index in [-0.39, 0.29) is 42.3 Å². The van der Waals surface area contributed by atoms with Gasteiger partial charge in [-0.1, -0.05) is 30.3 Å². The normalized spacial score (nSPS) is 22.5. The van der Waals surface area contributed by atoms with Gasteiger partial charge in [-0.2, -0.15) is 0 Å². The van der Waals surface area contributed by atoms with Crippen molar-refractivity contribution in [2.75, 3.05) is 18.1 Å². The lowest BCUT2D eigenvalue weighted by Crippen LogP contribution is -2.39. The highest BCUT2D eigenvalue weighted by molar-refractivity contribution is 7.91. The molecule has 1 N–H and O–H groups in total. The van der Waals surface area contributed by atoms with Crippen molar-refractivity contribution in [2.45, 2.75) is 32.0 Å². The van der Waals surface area contributed by atoms with E-state index in [2.05, 4.69) is 10.3 Å². The van der Waals surface area contributed by atoms with Gasteiger partial charge < -0.3 is 15.0 Å². The van der Waals surface area contributed by atoms with Crippen LogP contribution in [0.4, 0.5) is 0 Å². The molecule has 0 radical (unpaired) electrons. The molecular weight excluding hydrogens is 418 g/mol. The first-order valence-corrected chi connectivity index (χ1v) is 12.1. The first-order chi connectivity index (χ1) is 14.9. The van der Waals surface area contributed by atoms with Crippen LogP contribution in [0.3, 0.4) is 0 Å².